The van der Waals surface area contributed by atoms with Crippen LogP contribution in [-0.4, -0.2) is 44.3 Å². The number of carboxylic acid groups (broad SMARTS) is 4. The van der Waals surface area contributed by atoms with E-state index in [9.17, 15) is 19.2 Å². The molecule has 0 aliphatic rings. The van der Waals surface area contributed by atoms with E-state index in [4.69, 9.17) is 20.4 Å². The standard InChI is InChI=1S/4C9H18O2.Zr/c4*1-9(2,3)7-5-4-6-8(10)11;/h4*4-7H2,1-3H3,(H,10,11);. The molecule has 268 valence electrons. The number of aliphatic carboxylic acids is 4. The van der Waals surface area contributed by atoms with Gasteiger partial charge in [-0.15, -0.1) is 0 Å². The molecule has 0 heterocycles. The molecule has 4 N–H and O–H groups in total. The number of carboxylic acids is 4. The predicted octanol–water partition coefficient (Wildman–Crippen LogP) is 10.7. The van der Waals surface area contributed by atoms with Gasteiger partial charge in [0.15, 0.2) is 0 Å². The van der Waals surface area contributed by atoms with Crippen molar-refractivity contribution in [3.63, 3.8) is 0 Å². The van der Waals surface area contributed by atoms with Crippen LogP contribution in [0.2, 0.25) is 0 Å². The van der Waals surface area contributed by atoms with E-state index in [-0.39, 0.29) is 26.2 Å². The Labute approximate surface area is 296 Å². The van der Waals surface area contributed by atoms with Crippen LogP contribution in [0, 0.1) is 21.7 Å². The van der Waals surface area contributed by atoms with Crippen LogP contribution in [0.15, 0.2) is 0 Å². The van der Waals surface area contributed by atoms with Crippen molar-refractivity contribution in [2.75, 3.05) is 0 Å². The summed E-state index contributed by atoms with van der Waals surface area (Å²) in [7, 11) is 0. The Bertz CT molecular complexity index is 623. The predicted molar refractivity (Wildman–Crippen MR) is 182 cm³/mol. The maximum absolute atomic E-state index is 10.1. The largest absolute Gasteiger partial charge is 0.481 e. The van der Waals surface area contributed by atoms with Crippen LogP contribution in [0.1, 0.15) is 186 Å². The summed E-state index contributed by atoms with van der Waals surface area (Å²) in [4.78, 5) is 40.5. The summed E-state index contributed by atoms with van der Waals surface area (Å²) in [6, 6.07) is 0. The summed E-state index contributed by atoms with van der Waals surface area (Å²) in [5.41, 5.74) is 1.38. The average molecular weight is 724 g/mol. The van der Waals surface area contributed by atoms with Crippen molar-refractivity contribution in [3.05, 3.63) is 0 Å². The minimum absolute atomic E-state index is 0. The molecule has 0 rings (SSSR count). The van der Waals surface area contributed by atoms with Crippen molar-refractivity contribution in [1.29, 1.82) is 0 Å². The van der Waals surface area contributed by atoms with Gasteiger partial charge >= 0.3 is 23.9 Å². The fourth-order valence-corrected chi connectivity index (χ4v) is 3.73. The second-order valence-corrected chi connectivity index (χ2v) is 16.6. The molecule has 0 amide bonds. The van der Waals surface area contributed by atoms with Gasteiger partial charge in [-0.25, -0.2) is 0 Å². The van der Waals surface area contributed by atoms with Crippen molar-refractivity contribution in [1.82, 2.24) is 0 Å². The third-order valence-electron chi connectivity index (χ3n) is 6.27. The van der Waals surface area contributed by atoms with Crippen LogP contribution in [0.3, 0.4) is 0 Å². The Kier molecular flexibility index (Phi) is 34.3. The van der Waals surface area contributed by atoms with Crippen LogP contribution in [0.5, 0.6) is 0 Å². The number of rotatable bonds is 16. The maximum Gasteiger partial charge on any atom is 0.303 e. The zero-order chi connectivity index (χ0) is 35.6. The molecule has 0 aliphatic carbocycles. The van der Waals surface area contributed by atoms with Gasteiger partial charge < -0.3 is 20.4 Å². The molecule has 0 spiro atoms. The van der Waals surface area contributed by atoms with Gasteiger partial charge in [-0.05, 0) is 73.0 Å². The van der Waals surface area contributed by atoms with Crippen molar-refractivity contribution in [3.8, 4) is 0 Å². The summed E-state index contributed by atoms with van der Waals surface area (Å²) in [5, 5.41) is 33.4. The molecular formula is C36H72O8Zr. The van der Waals surface area contributed by atoms with E-state index >= 15 is 0 Å². The van der Waals surface area contributed by atoms with Crippen LogP contribution < -0.4 is 0 Å². The first kappa shape index (κ1) is 53.3. The average Bonchev–Trinajstić information content (AvgIpc) is 2.79. The maximum atomic E-state index is 10.1. The summed E-state index contributed by atoms with van der Waals surface area (Å²) in [6.07, 6.45) is 13.1. The quantitative estimate of drug-likeness (QED) is 0.115. The van der Waals surface area contributed by atoms with E-state index in [1.54, 1.807) is 0 Å². The summed E-state index contributed by atoms with van der Waals surface area (Å²) in [6.45, 7) is 26.1. The first-order valence-corrected chi connectivity index (χ1v) is 16.5. The molecule has 0 bridgehead atoms. The molecule has 45 heavy (non-hydrogen) atoms. The molecule has 0 saturated heterocycles. The molecule has 0 aliphatic heterocycles. The van der Waals surface area contributed by atoms with Gasteiger partial charge in [0.1, 0.15) is 0 Å². The normalized spacial score (nSPS) is 11.3. The molecule has 0 fully saturated rings. The smallest absolute Gasteiger partial charge is 0.303 e. The van der Waals surface area contributed by atoms with Crippen molar-refractivity contribution in [2.45, 2.75) is 186 Å². The number of hydrogen-bond donors (Lipinski definition) is 4. The van der Waals surface area contributed by atoms with E-state index in [0.717, 1.165) is 77.0 Å². The minimum atomic E-state index is -0.682. The fourth-order valence-electron chi connectivity index (χ4n) is 3.73. The van der Waals surface area contributed by atoms with Crippen molar-refractivity contribution < 1.29 is 65.8 Å². The van der Waals surface area contributed by atoms with E-state index in [1.807, 2.05) is 0 Å². The van der Waals surface area contributed by atoms with Crippen molar-refractivity contribution in [2.24, 2.45) is 21.7 Å². The monoisotopic (exact) mass is 722 g/mol. The first-order chi connectivity index (χ1) is 19.7. The Balaban J connectivity index is -0.000000157. The number of unbranched alkanes of at least 4 members (excludes halogenated alkanes) is 4. The van der Waals surface area contributed by atoms with Gasteiger partial charge in [0.25, 0.3) is 0 Å². The zero-order valence-corrected chi connectivity index (χ0v) is 33.7. The molecule has 0 radical (unpaired) electrons. The Morgan fingerprint density at radius 1 is 0.333 bits per heavy atom. The number of hydrogen-bond acceptors (Lipinski definition) is 4. The summed E-state index contributed by atoms with van der Waals surface area (Å²) >= 11 is 0. The molecule has 0 atom stereocenters. The molecule has 9 heteroatoms. The van der Waals surface area contributed by atoms with Crippen LogP contribution in [0.25, 0.3) is 0 Å². The molecule has 0 aromatic rings. The Morgan fingerprint density at radius 2 is 0.467 bits per heavy atom. The number of carbonyl (C=O) groups is 4. The molecule has 8 nitrogen and oxygen atoms in total. The van der Waals surface area contributed by atoms with Gasteiger partial charge in [0.05, 0.1) is 0 Å². The Morgan fingerprint density at radius 3 is 0.556 bits per heavy atom. The van der Waals surface area contributed by atoms with E-state index < -0.39 is 23.9 Å². The van der Waals surface area contributed by atoms with Crippen molar-refractivity contribution >= 4 is 23.9 Å². The van der Waals surface area contributed by atoms with Gasteiger partial charge in [-0.2, -0.15) is 0 Å². The first-order valence-electron chi connectivity index (χ1n) is 16.5. The molecule has 0 unspecified atom stereocenters. The zero-order valence-electron chi connectivity index (χ0n) is 31.2. The van der Waals surface area contributed by atoms with Gasteiger partial charge in [0.2, 0.25) is 0 Å². The van der Waals surface area contributed by atoms with Gasteiger partial charge in [-0.1, -0.05) is 109 Å². The summed E-state index contributed by atoms with van der Waals surface area (Å²) in [5.74, 6) is -2.73. The van der Waals surface area contributed by atoms with E-state index in [2.05, 4.69) is 83.1 Å². The molecule has 0 aromatic carbocycles. The van der Waals surface area contributed by atoms with E-state index in [0.29, 0.717) is 47.3 Å². The third-order valence-corrected chi connectivity index (χ3v) is 6.27. The van der Waals surface area contributed by atoms with Gasteiger partial charge in [0, 0.05) is 51.9 Å². The second kappa shape index (κ2) is 28.9. The molecular weight excluding hydrogens is 652 g/mol. The minimum Gasteiger partial charge on any atom is -0.481 e. The van der Waals surface area contributed by atoms with Gasteiger partial charge in [-0.3, -0.25) is 19.2 Å². The second-order valence-electron chi connectivity index (χ2n) is 16.6. The topological polar surface area (TPSA) is 149 Å². The van der Waals surface area contributed by atoms with Crippen LogP contribution >= 0.6 is 0 Å². The molecule has 0 aromatic heterocycles. The fraction of sp³-hybridized carbons (Fsp3) is 0.889. The van der Waals surface area contributed by atoms with E-state index in [1.165, 1.54) is 0 Å². The third kappa shape index (κ3) is 75.1. The molecule has 0 saturated carbocycles. The summed E-state index contributed by atoms with van der Waals surface area (Å²) < 4.78 is 0. The van der Waals surface area contributed by atoms with Crippen LogP contribution in [0.4, 0.5) is 0 Å². The SMILES string of the molecule is CC(C)(C)CCCCC(=O)O.CC(C)(C)CCCCC(=O)O.CC(C)(C)CCCCC(=O)O.CC(C)(C)CCCCC(=O)O.[Zr]. The Hall–Kier alpha value is -1.24. The van der Waals surface area contributed by atoms with Crippen LogP contribution in [-0.2, 0) is 45.4 Å².